The number of carbonyl (C=O) groups excluding carboxylic acids is 1. The highest BCUT2D eigenvalue weighted by Gasteiger charge is 2.02. The van der Waals surface area contributed by atoms with Crippen LogP contribution in [0.3, 0.4) is 0 Å². The highest BCUT2D eigenvalue weighted by Crippen LogP contribution is 2.02. The Morgan fingerprint density at radius 3 is 2.18 bits per heavy atom. The zero-order chi connectivity index (χ0) is 8.85. The second-order valence-corrected chi connectivity index (χ2v) is 2.17. The summed E-state index contributed by atoms with van der Waals surface area (Å²) >= 11 is 0. The highest BCUT2D eigenvalue weighted by molar-refractivity contribution is 5.93. The normalized spacial score (nSPS) is 11.5. The van der Waals surface area contributed by atoms with Gasteiger partial charge in [0.2, 0.25) is 0 Å². The van der Waals surface area contributed by atoms with E-state index in [2.05, 4.69) is 18.5 Å². The molecule has 0 saturated heterocycles. The summed E-state index contributed by atoms with van der Waals surface area (Å²) in [7, 11) is 0. The number of Topliss-reactive ketones (excluding diaryl/α,β-unsaturated/α-hetero) is 1. The molecule has 0 aliphatic heterocycles. The number of hydrogen-bond donors (Lipinski definition) is 1. The quantitative estimate of drug-likeness (QED) is 0.490. The van der Waals surface area contributed by atoms with Crippen molar-refractivity contribution in [1.82, 2.24) is 5.32 Å². The van der Waals surface area contributed by atoms with Gasteiger partial charge < -0.3 is 5.32 Å². The zero-order valence-electron chi connectivity index (χ0n) is 6.98. The smallest absolute Gasteiger partial charge is 0.176 e. The predicted molar refractivity (Wildman–Crippen MR) is 46.9 cm³/mol. The van der Waals surface area contributed by atoms with Gasteiger partial charge in [-0.05, 0) is 18.7 Å². The molecular formula is C9H13NO. The maximum atomic E-state index is 10.9. The monoisotopic (exact) mass is 151 g/mol. The molecule has 60 valence electrons. The molecule has 0 bridgehead atoms. The fourth-order valence-electron chi connectivity index (χ4n) is 0.697. The van der Waals surface area contributed by atoms with Gasteiger partial charge in [-0.2, -0.15) is 0 Å². The molecular weight excluding hydrogens is 138 g/mol. The van der Waals surface area contributed by atoms with Gasteiger partial charge in [-0.1, -0.05) is 19.2 Å². The summed E-state index contributed by atoms with van der Waals surface area (Å²) in [4.78, 5) is 10.9. The molecule has 0 radical (unpaired) electrons. The lowest BCUT2D eigenvalue weighted by molar-refractivity contribution is -0.113. The van der Waals surface area contributed by atoms with E-state index in [0.717, 1.165) is 5.57 Å². The zero-order valence-corrected chi connectivity index (χ0v) is 6.98. The third kappa shape index (κ3) is 2.85. The maximum Gasteiger partial charge on any atom is 0.176 e. The average molecular weight is 151 g/mol. The second kappa shape index (κ2) is 4.50. The fraction of sp³-hybridized carbons (Fsp3) is 0.222. The molecule has 0 aromatic rings. The molecule has 0 heterocycles. The van der Waals surface area contributed by atoms with Crippen molar-refractivity contribution in [2.24, 2.45) is 0 Å². The van der Waals surface area contributed by atoms with E-state index in [9.17, 15) is 4.79 Å². The number of hydrogen-bond acceptors (Lipinski definition) is 2. The highest BCUT2D eigenvalue weighted by atomic mass is 16.1. The number of rotatable bonds is 4. The molecule has 0 fully saturated rings. The molecule has 11 heavy (non-hydrogen) atoms. The van der Waals surface area contributed by atoms with Gasteiger partial charge in [0.15, 0.2) is 5.78 Å². The second-order valence-electron chi connectivity index (χ2n) is 2.17. The molecule has 0 aliphatic rings. The lowest BCUT2D eigenvalue weighted by Gasteiger charge is -2.04. The van der Waals surface area contributed by atoms with E-state index in [4.69, 9.17) is 0 Å². The van der Waals surface area contributed by atoms with Crippen LogP contribution >= 0.6 is 0 Å². The van der Waals surface area contributed by atoms with Gasteiger partial charge in [0, 0.05) is 6.92 Å². The number of nitrogens with one attached hydrogen (secondary N) is 1. The van der Waals surface area contributed by atoms with Crippen LogP contribution in [0.25, 0.3) is 0 Å². The first-order valence-electron chi connectivity index (χ1n) is 3.35. The largest absolute Gasteiger partial charge is 0.359 e. The summed E-state index contributed by atoms with van der Waals surface area (Å²) in [5.41, 5.74) is 1.38. The van der Waals surface area contributed by atoms with Crippen LogP contribution in [0.1, 0.15) is 13.8 Å². The van der Waals surface area contributed by atoms with Crippen LogP contribution in [0.2, 0.25) is 0 Å². The van der Waals surface area contributed by atoms with Gasteiger partial charge >= 0.3 is 0 Å². The first-order chi connectivity index (χ1) is 5.13. The van der Waals surface area contributed by atoms with Crippen LogP contribution in [0.15, 0.2) is 36.7 Å². The van der Waals surface area contributed by atoms with Crippen molar-refractivity contribution in [3.05, 3.63) is 36.7 Å². The Balaban J connectivity index is 4.70. The van der Waals surface area contributed by atoms with Gasteiger partial charge in [-0.15, -0.1) is 0 Å². The molecule has 1 N–H and O–H groups in total. The minimum Gasteiger partial charge on any atom is -0.359 e. The molecule has 0 aromatic carbocycles. The van der Waals surface area contributed by atoms with Gasteiger partial charge in [-0.25, -0.2) is 0 Å². The molecule has 0 aromatic heterocycles. The number of allylic oxidation sites excluding steroid dienone is 3. The Labute approximate surface area is 67.3 Å². The Hall–Kier alpha value is -1.31. The summed E-state index contributed by atoms with van der Waals surface area (Å²) in [5.74, 6) is -0.0118. The molecule has 0 amide bonds. The van der Waals surface area contributed by atoms with Crippen LogP contribution in [-0.4, -0.2) is 5.78 Å². The SMILES string of the molecule is C=CN/C(C(C)=O)=C(\C)C=C. The van der Waals surface area contributed by atoms with Crippen LogP contribution in [0.5, 0.6) is 0 Å². The van der Waals surface area contributed by atoms with E-state index in [-0.39, 0.29) is 5.78 Å². The molecule has 0 unspecified atom stereocenters. The standard InChI is InChI=1S/C9H13NO/c1-5-7(3)9(8(4)11)10-6-2/h5-6,10H,1-2H2,3-4H3/b9-7+. The molecule has 2 heteroatoms. The summed E-state index contributed by atoms with van der Waals surface area (Å²) in [6.45, 7) is 10.3. The van der Waals surface area contributed by atoms with Gasteiger partial charge in [0.1, 0.15) is 0 Å². The molecule has 0 spiro atoms. The minimum absolute atomic E-state index is 0.0118. The molecule has 0 aliphatic carbocycles. The molecule has 2 nitrogen and oxygen atoms in total. The maximum absolute atomic E-state index is 10.9. The van der Waals surface area contributed by atoms with Crippen molar-refractivity contribution in [3.63, 3.8) is 0 Å². The van der Waals surface area contributed by atoms with Crippen LogP contribution in [0, 0.1) is 0 Å². The minimum atomic E-state index is -0.0118. The lowest BCUT2D eigenvalue weighted by atomic mass is 10.2. The Kier molecular flexibility index (Phi) is 3.96. The average Bonchev–Trinajstić information content (AvgIpc) is 1.98. The Morgan fingerprint density at radius 2 is 1.91 bits per heavy atom. The van der Waals surface area contributed by atoms with Gasteiger partial charge in [-0.3, -0.25) is 4.79 Å². The van der Waals surface area contributed by atoms with Crippen LogP contribution in [0.4, 0.5) is 0 Å². The summed E-state index contributed by atoms with van der Waals surface area (Å²) in [6.07, 6.45) is 3.11. The van der Waals surface area contributed by atoms with E-state index in [1.54, 1.807) is 6.08 Å². The number of ketones is 1. The van der Waals surface area contributed by atoms with Crippen molar-refractivity contribution < 1.29 is 4.79 Å². The van der Waals surface area contributed by atoms with Crippen molar-refractivity contribution in [2.45, 2.75) is 13.8 Å². The lowest BCUT2D eigenvalue weighted by Crippen LogP contribution is -2.13. The summed E-state index contributed by atoms with van der Waals surface area (Å²) in [5, 5.41) is 2.76. The van der Waals surface area contributed by atoms with E-state index in [1.165, 1.54) is 13.1 Å². The van der Waals surface area contributed by atoms with E-state index in [1.807, 2.05) is 6.92 Å². The Bertz CT molecular complexity index is 214. The molecule has 0 atom stereocenters. The third-order valence-electron chi connectivity index (χ3n) is 1.30. The van der Waals surface area contributed by atoms with Gasteiger partial charge in [0.05, 0.1) is 5.70 Å². The van der Waals surface area contributed by atoms with Crippen LogP contribution in [-0.2, 0) is 4.79 Å². The number of carbonyl (C=O) groups is 1. The topological polar surface area (TPSA) is 29.1 Å². The van der Waals surface area contributed by atoms with Crippen molar-refractivity contribution in [1.29, 1.82) is 0 Å². The van der Waals surface area contributed by atoms with Crippen molar-refractivity contribution >= 4 is 5.78 Å². The van der Waals surface area contributed by atoms with Crippen LogP contribution < -0.4 is 5.32 Å². The van der Waals surface area contributed by atoms with E-state index in [0.29, 0.717) is 5.70 Å². The summed E-state index contributed by atoms with van der Waals surface area (Å²) < 4.78 is 0. The van der Waals surface area contributed by atoms with Crippen molar-refractivity contribution in [2.75, 3.05) is 0 Å². The Morgan fingerprint density at radius 1 is 1.36 bits per heavy atom. The van der Waals surface area contributed by atoms with Gasteiger partial charge in [0.25, 0.3) is 0 Å². The summed E-state index contributed by atoms with van der Waals surface area (Å²) in [6, 6.07) is 0. The van der Waals surface area contributed by atoms with E-state index >= 15 is 0 Å². The molecule has 0 rings (SSSR count). The van der Waals surface area contributed by atoms with Crippen molar-refractivity contribution in [3.8, 4) is 0 Å². The fourth-order valence-corrected chi connectivity index (χ4v) is 0.697. The third-order valence-corrected chi connectivity index (χ3v) is 1.30. The molecule has 0 saturated carbocycles. The first-order valence-corrected chi connectivity index (χ1v) is 3.35. The predicted octanol–water partition coefficient (Wildman–Crippen LogP) is 1.77. The first kappa shape index (κ1) is 9.69. The van der Waals surface area contributed by atoms with E-state index < -0.39 is 0 Å².